The summed E-state index contributed by atoms with van der Waals surface area (Å²) >= 11 is 0. The van der Waals surface area contributed by atoms with Gasteiger partial charge in [0.2, 0.25) is 5.91 Å². The van der Waals surface area contributed by atoms with Crippen LogP contribution in [0.25, 0.3) is 0 Å². The van der Waals surface area contributed by atoms with Crippen molar-refractivity contribution in [3.05, 3.63) is 48.2 Å². The largest absolute Gasteiger partial charge is 0.327 e. The Balaban J connectivity index is 1.61. The van der Waals surface area contributed by atoms with Crippen LogP contribution in [-0.4, -0.2) is 21.7 Å². The van der Waals surface area contributed by atoms with Crippen molar-refractivity contribution >= 4 is 11.7 Å². The Hall–Kier alpha value is -2.14. The van der Waals surface area contributed by atoms with Gasteiger partial charge in [-0.05, 0) is 24.3 Å². The van der Waals surface area contributed by atoms with Crippen LogP contribution in [0, 0.1) is 5.92 Å². The molecule has 0 saturated heterocycles. The van der Waals surface area contributed by atoms with Crippen LogP contribution in [0.15, 0.2) is 42.6 Å². The summed E-state index contributed by atoms with van der Waals surface area (Å²) in [6.07, 6.45) is 5.42. The highest BCUT2D eigenvalue weighted by atomic mass is 16.1. The zero-order valence-corrected chi connectivity index (χ0v) is 12.6. The number of nitrogens with one attached hydrogen (secondary N) is 1. The Morgan fingerprint density at radius 3 is 2.82 bits per heavy atom. The summed E-state index contributed by atoms with van der Waals surface area (Å²) in [6.45, 7) is 0.645. The van der Waals surface area contributed by atoms with E-state index in [1.165, 1.54) is 0 Å². The minimum atomic E-state index is 0.0251. The molecule has 1 aliphatic carbocycles. The van der Waals surface area contributed by atoms with Gasteiger partial charge in [0.05, 0.1) is 12.7 Å². The van der Waals surface area contributed by atoms with E-state index < -0.39 is 0 Å². The van der Waals surface area contributed by atoms with Crippen molar-refractivity contribution in [3.63, 3.8) is 0 Å². The van der Waals surface area contributed by atoms with Crippen molar-refractivity contribution in [1.82, 2.24) is 9.78 Å². The zero-order valence-electron chi connectivity index (χ0n) is 12.6. The van der Waals surface area contributed by atoms with E-state index in [0.717, 1.165) is 30.6 Å². The molecule has 0 bridgehead atoms. The van der Waals surface area contributed by atoms with Gasteiger partial charge in [-0.25, -0.2) is 4.68 Å². The van der Waals surface area contributed by atoms with Crippen molar-refractivity contribution in [2.75, 3.05) is 5.32 Å². The molecular weight excluding hydrogens is 276 g/mol. The van der Waals surface area contributed by atoms with E-state index in [1.54, 1.807) is 6.20 Å². The molecule has 3 N–H and O–H groups in total. The molecule has 2 atom stereocenters. The molecule has 0 spiro atoms. The number of hydrogen-bond donors (Lipinski definition) is 2. The molecule has 0 aliphatic heterocycles. The fraction of sp³-hybridized carbons (Fsp3) is 0.412. The topological polar surface area (TPSA) is 72.9 Å². The van der Waals surface area contributed by atoms with E-state index in [-0.39, 0.29) is 11.9 Å². The third-order valence-electron chi connectivity index (χ3n) is 4.32. The highest BCUT2D eigenvalue weighted by molar-refractivity contribution is 5.90. The van der Waals surface area contributed by atoms with E-state index in [2.05, 4.69) is 10.4 Å². The van der Waals surface area contributed by atoms with E-state index in [1.807, 2.05) is 41.1 Å². The number of aromatic nitrogens is 2. The van der Waals surface area contributed by atoms with Crippen LogP contribution in [-0.2, 0) is 11.3 Å². The van der Waals surface area contributed by atoms with E-state index in [0.29, 0.717) is 18.9 Å². The molecule has 3 rings (SSSR count). The predicted octanol–water partition coefficient (Wildman–Crippen LogP) is 2.39. The predicted molar refractivity (Wildman–Crippen MR) is 86.3 cm³/mol. The van der Waals surface area contributed by atoms with E-state index >= 15 is 0 Å². The summed E-state index contributed by atoms with van der Waals surface area (Å²) in [4.78, 5) is 12.2. The maximum atomic E-state index is 12.2. The lowest BCUT2D eigenvalue weighted by atomic mass is 10.00. The number of carbonyl (C=O) groups is 1. The van der Waals surface area contributed by atoms with Crippen molar-refractivity contribution in [2.45, 2.75) is 38.3 Å². The highest BCUT2D eigenvalue weighted by Gasteiger charge is 2.26. The number of anilines is 1. The Bertz CT molecular complexity index is 623. The second-order valence-electron chi connectivity index (χ2n) is 5.97. The summed E-state index contributed by atoms with van der Waals surface area (Å²) in [5.74, 6) is 1.07. The second-order valence-corrected chi connectivity index (χ2v) is 5.97. The minimum Gasteiger partial charge on any atom is -0.327 e. The lowest BCUT2D eigenvalue weighted by Crippen LogP contribution is -2.28. The molecule has 0 unspecified atom stereocenters. The molecular formula is C17H22N4O. The highest BCUT2D eigenvalue weighted by Crippen LogP contribution is 2.27. The van der Waals surface area contributed by atoms with Gasteiger partial charge >= 0.3 is 0 Å². The first-order valence-electron chi connectivity index (χ1n) is 7.83. The van der Waals surface area contributed by atoms with Gasteiger partial charge in [0.1, 0.15) is 5.82 Å². The molecule has 1 aliphatic rings. The molecule has 1 fully saturated rings. The van der Waals surface area contributed by atoms with Crippen molar-refractivity contribution in [2.24, 2.45) is 11.7 Å². The van der Waals surface area contributed by atoms with Gasteiger partial charge in [-0.15, -0.1) is 0 Å². The fourth-order valence-corrected chi connectivity index (χ4v) is 3.07. The minimum absolute atomic E-state index is 0.0251. The lowest BCUT2D eigenvalue weighted by molar-refractivity contribution is -0.117. The summed E-state index contributed by atoms with van der Waals surface area (Å²) in [6, 6.07) is 12.1. The quantitative estimate of drug-likeness (QED) is 0.890. The Morgan fingerprint density at radius 1 is 1.27 bits per heavy atom. The number of amides is 1. The van der Waals surface area contributed by atoms with Gasteiger partial charge in [0.25, 0.3) is 0 Å². The van der Waals surface area contributed by atoms with Crippen LogP contribution in [0.4, 0.5) is 5.82 Å². The summed E-state index contributed by atoms with van der Waals surface area (Å²) in [5.41, 5.74) is 7.19. The third-order valence-corrected chi connectivity index (χ3v) is 4.32. The summed E-state index contributed by atoms with van der Waals surface area (Å²) < 4.78 is 1.81. The fourth-order valence-electron chi connectivity index (χ4n) is 3.07. The molecule has 1 saturated carbocycles. The van der Waals surface area contributed by atoms with Gasteiger partial charge in [-0.2, -0.15) is 5.10 Å². The Labute approximate surface area is 130 Å². The standard InChI is InChI=1S/C17H22N4O/c18-15-8-4-7-14(15)11-17(22)20-16-9-10-19-21(16)12-13-5-2-1-3-6-13/h1-3,5-6,9-10,14-15H,4,7-8,11-12,18H2,(H,20,22)/t14-,15+/m0/s1. The van der Waals surface area contributed by atoms with Crippen molar-refractivity contribution < 1.29 is 4.79 Å². The first kappa shape index (κ1) is 14.8. The van der Waals surface area contributed by atoms with E-state index in [4.69, 9.17) is 5.73 Å². The van der Waals surface area contributed by atoms with Crippen LogP contribution >= 0.6 is 0 Å². The molecule has 2 aromatic rings. The van der Waals surface area contributed by atoms with Gasteiger partial charge in [-0.3, -0.25) is 4.79 Å². The molecule has 1 heterocycles. The second kappa shape index (κ2) is 6.75. The maximum absolute atomic E-state index is 12.2. The SMILES string of the molecule is N[C@@H]1CCC[C@H]1CC(=O)Nc1ccnn1Cc1ccccc1. The number of benzene rings is 1. The molecule has 1 aromatic carbocycles. The van der Waals surface area contributed by atoms with Gasteiger partial charge in [-0.1, -0.05) is 36.8 Å². The average Bonchev–Trinajstić information content (AvgIpc) is 3.10. The molecule has 5 heteroatoms. The average molecular weight is 298 g/mol. The Morgan fingerprint density at radius 2 is 2.09 bits per heavy atom. The van der Waals surface area contributed by atoms with Crippen molar-refractivity contribution in [3.8, 4) is 0 Å². The smallest absolute Gasteiger partial charge is 0.225 e. The van der Waals surface area contributed by atoms with Crippen LogP contribution in [0.5, 0.6) is 0 Å². The van der Waals surface area contributed by atoms with Crippen LogP contribution < -0.4 is 11.1 Å². The molecule has 116 valence electrons. The van der Waals surface area contributed by atoms with Crippen LogP contribution in [0.1, 0.15) is 31.2 Å². The number of rotatable bonds is 5. The van der Waals surface area contributed by atoms with E-state index in [9.17, 15) is 4.79 Å². The molecule has 5 nitrogen and oxygen atoms in total. The zero-order chi connectivity index (χ0) is 15.4. The molecule has 0 radical (unpaired) electrons. The number of hydrogen-bond acceptors (Lipinski definition) is 3. The summed E-state index contributed by atoms with van der Waals surface area (Å²) in [7, 11) is 0. The Kier molecular flexibility index (Phi) is 4.53. The number of carbonyl (C=O) groups excluding carboxylic acids is 1. The first-order chi connectivity index (χ1) is 10.7. The lowest BCUT2D eigenvalue weighted by Gasteiger charge is -2.15. The summed E-state index contributed by atoms with van der Waals surface area (Å²) in [5, 5.41) is 7.25. The maximum Gasteiger partial charge on any atom is 0.225 e. The van der Waals surface area contributed by atoms with Crippen LogP contribution in [0.2, 0.25) is 0 Å². The monoisotopic (exact) mass is 298 g/mol. The normalized spacial score (nSPS) is 21.0. The first-order valence-corrected chi connectivity index (χ1v) is 7.83. The molecule has 22 heavy (non-hydrogen) atoms. The number of nitrogens with zero attached hydrogens (tertiary/aromatic N) is 2. The van der Waals surface area contributed by atoms with Crippen molar-refractivity contribution in [1.29, 1.82) is 0 Å². The molecule has 1 aromatic heterocycles. The van der Waals surface area contributed by atoms with Gasteiger partial charge < -0.3 is 11.1 Å². The molecule has 1 amide bonds. The van der Waals surface area contributed by atoms with Crippen LogP contribution in [0.3, 0.4) is 0 Å². The third kappa shape index (κ3) is 3.54. The van der Waals surface area contributed by atoms with Gasteiger partial charge in [0, 0.05) is 18.5 Å². The number of nitrogens with two attached hydrogens (primary N) is 1. The van der Waals surface area contributed by atoms with Gasteiger partial charge in [0.15, 0.2) is 0 Å².